The van der Waals surface area contributed by atoms with E-state index in [2.05, 4.69) is 4.98 Å². The van der Waals surface area contributed by atoms with Crippen LogP contribution in [0, 0.1) is 17.0 Å². The van der Waals surface area contributed by atoms with E-state index in [1.165, 1.54) is 0 Å². The highest BCUT2D eigenvalue weighted by atomic mass is 16.6. The van der Waals surface area contributed by atoms with Crippen molar-refractivity contribution in [2.24, 2.45) is 0 Å². The predicted octanol–water partition coefficient (Wildman–Crippen LogP) is 2.32. The van der Waals surface area contributed by atoms with Gasteiger partial charge in [-0.15, -0.1) is 0 Å². The molecule has 0 spiro atoms. The van der Waals surface area contributed by atoms with Gasteiger partial charge in [-0.3, -0.25) is 15.1 Å². The second-order valence-electron chi connectivity index (χ2n) is 3.43. The van der Waals surface area contributed by atoms with E-state index in [1.807, 2.05) is 31.2 Å². The monoisotopic (exact) mass is 202 g/mol. The first-order chi connectivity index (χ1) is 7.18. The first-order valence-corrected chi connectivity index (χ1v) is 4.63. The van der Waals surface area contributed by atoms with Crippen LogP contribution in [0.3, 0.4) is 0 Å². The maximum Gasteiger partial charge on any atom is 0.231 e. The van der Waals surface area contributed by atoms with Gasteiger partial charge in [-0.2, -0.15) is 0 Å². The largest absolute Gasteiger partial charge is 0.264 e. The Labute approximate surface area is 86.7 Å². The molecule has 0 atom stereocenters. The van der Waals surface area contributed by atoms with E-state index in [0.29, 0.717) is 5.56 Å². The van der Waals surface area contributed by atoms with Crippen LogP contribution in [-0.2, 0) is 6.54 Å². The van der Waals surface area contributed by atoms with Crippen LogP contribution in [0.15, 0.2) is 30.5 Å². The lowest BCUT2D eigenvalue weighted by atomic mass is 10.0. The lowest BCUT2D eigenvalue weighted by Gasteiger charge is -2.04. The van der Waals surface area contributed by atoms with E-state index >= 15 is 0 Å². The minimum absolute atomic E-state index is 0.166. The molecule has 0 aliphatic carbocycles. The Morgan fingerprint density at radius 1 is 1.40 bits per heavy atom. The summed E-state index contributed by atoms with van der Waals surface area (Å²) in [6, 6.07) is 7.56. The first-order valence-electron chi connectivity index (χ1n) is 4.63. The Hall–Kier alpha value is -1.97. The molecule has 2 rings (SSSR count). The summed E-state index contributed by atoms with van der Waals surface area (Å²) in [6.07, 6.45) is 1.66. The minimum atomic E-state index is -0.323. The maximum atomic E-state index is 10.5. The molecule has 0 unspecified atom stereocenters. The third-order valence-electron chi connectivity index (χ3n) is 2.40. The molecule has 0 amide bonds. The lowest BCUT2D eigenvalue weighted by Crippen LogP contribution is -2.02. The van der Waals surface area contributed by atoms with Crippen molar-refractivity contribution >= 4 is 10.9 Å². The van der Waals surface area contributed by atoms with E-state index in [4.69, 9.17) is 0 Å². The normalized spacial score (nSPS) is 10.5. The molecule has 0 fully saturated rings. The van der Waals surface area contributed by atoms with Crippen LogP contribution in [-0.4, -0.2) is 9.91 Å². The number of hydrogen-bond acceptors (Lipinski definition) is 3. The molecule has 0 aliphatic rings. The fraction of sp³-hybridized carbons (Fsp3) is 0.182. The molecular weight excluding hydrogens is 192 g/mol. The summed E-state index contributed by atoms with van der Waals surface area (Å²) < 4.78 is 0. The Morgan fingerprint density at radius 2 is 2.20 bits per heavy atom. The van der Waals surface area contributed by atoms with Crippen molar-refractivity contribution in [3.05, 3.63) is 51.7 Å². The van der Waals surface area contributed by atoms with Crippen molar-refractivity contribution < 1.29 is 4.92 Å². The van der Waals surface area contributed by atoms with E-state index in [9.17, 15) is 10.1 Å². The minimum Gasteiger partial charge on any atom is -0.264 e. The Kier molecular flexibility index (Phi) is 2.33. The molecule has 0 aliphatic heterocycles. The standard InChI is InChI=1S/C11H10N2O2/c1-8-4-5-9-3-2-6-12-11(9)10(8)7-13(14)15/h2-6H,7H2,1H3. The molecule has 2 aromatic rings. The summed E-state index contributed by atoms with van der Waals surface area (Å²) in [7, 11) is 0. The summed E-state index contributed by atoms with van der Waals surface area (Å²) in [5.41, 5.74) is 2.35. The molecule has 0 N–H and O–H groups in total. The van der Waals surface area contributed by atoms with E-state index < -0.39 is 0 Å². The van der Waals surface area contributed by atoms with Gasteiger partial charge in [0.25, 0.3) is 0 Å². The average molecular weight is 202 g/mol. The zero-order valence-electron chi connectivity index (χ0n) is 8.30. The number of aryl methyl sites for hydroxylation is 1. The van der Waals surface area contributed by atoms with Crippen molar-refractivity contribution in [1.82, 2.24) is 4.98 Å². The number of benzene rings is 1. The zero-order valence-corrected chi connectivity index (χ0v) is 8.30. The maximum absolute atomic E-state index is 10.5. The van der Waals surface area contributed by atoms with Gasteiger partial charge in [0, 0.05) is 16.5 Å². The summed E-state index contributed by atoms with van der Waals surface area (Å²) in [6.45, 7) is 1.70. The van der Waals surface area contributed by atoms with Gasteiger partial charge in [0.05, 0.1) is 11.1 Å². The summed E-state index contributed by atoms with van der Waals surface area (Å²) >= 11 is 0. The van der Waals surface area contributed by atoms with E-state index in [0.717, 1.165) is 16.5 Å². The second kappa shape index (κ2) is 3.65. The molecule has 0 bridgehead atoms. The van der Waals surface area contributed by atoms with Crippen molar-refractivity contribution in [1.29, 1.82) is 0 Å². The average Bonchev–Trinajstić information content (AvgIpc) is 2.22. The van der Waals surface area contributed by atoms with Crippen LogP contribution in [0.5, 0.6) is 0 Å². The van der Waals surface area contributed by atoms with Crippen molar-refractivity contribution in [3.8, 4) is 0 Å². The van der Waals surface area contributed by atoms with Crippen LogP contribution >= 0.6 is 0 Å². The van der Waals surface area contributed by atoms with Gasteiger partial charge in [-0.25, -0.2) is 0 Å². The van der Waals surface area contributed by atoms with Gasteiger partial charge in [0.15, 0.2) is 0 Å². The Morgan fingerprint density at radius 3 is 2.93 bits per heavy atom. The molecule has 1 aromatic carbocycles. The smallest absolute Gasteiger partial charge is 0.231 e. The van der Waals surface area contributed by atoms with Gasteiger partial charge < -0.3 is 0 Å². The van der Waals surface area contributed by atoms with Crippen LogP contribution in [0.1, 0.15) is 11.1 Å². The van der Waals surface area contributed by atoms with E-state index in [1.54, 1.807) is 6.20 Å². The molecular formula is C11H10N2O2. The molecule has 4 nitrogen and oxygen atoms in total. The highest BCUT2D eigenvalue weighted by molar-refractivity contribution is 5.82. The molecule has 76 valence electrons. The number of rotatable bonds is 2. The van der Waals surface area contributed by atoms with Crippen molar-refractivity contribution in [3.63, 3.8) is 0 Å². The van der Waals surface area contributed by atoms with Gasteiger partial charge in [-0.05, 0) is 18.6 Å². The van der Waals surface area contributed by atoms with Crippen LogP contribution < -0.4 is 0 Å². The number of nitrogens with zero attached hydrogens (tertiary/aromatic N) is 2. The highest BCUT2D eigenvalue weighted by Gasteiger charge is 2.10. The number of hydrogen-bond donors (Lipinski definition) is 0. The molecule has 4 heteroatoms. The topological polar surface area (TPSA) is 56.0 Å². The van der Waals surface area contributed by atoms with Crippen LogP contribution in [0.2, 0.25) is 0 Å². The second-order valence-corrected chi connectivity index (χ2v) is 3.43. The van der Waals surface area contributed by atoms with Crippen LogP contribution in [0.4, 0.5) is 0 Å². The molecule has 1 aromatic heterocycles. The van der Waals surface area contributed by atoms with E-state index in [-0.39, 0.29) is 11.5 Å². The molecule has 0 radical (unpaired) electrons. The summed E-state index contributed by atoms with van der Waals surface area (Å²) in [5, 5.41) is 11.5. The summed E-state index contributed by atoms with van der Waals surface area (Å²) in [4.78, 5) is 14.4. The lowest BCUT2D eigenvalue weighted by molar-refractivity contribution is -0.496. The number of pyridine rings is 1. The van der Waals surface area contributed by atoms with Crippen molar-refractivity contribution in [2.75, 3.05) is 0 Å². The van der Waals surface area contributed by atoms with Gasteiger partial charge in [-0.1, -0.05) is 18.2 Å². The summed E-state index contributed by atoms with van der Waals surface area (Å²) in [5.74, 6) is 0. The van der Waals surface area contributed by atoms with Gasteiger partial charge in [0.1, 0.15) is 0 Å². The quantitative estimate of drug-likeness (QED) is 0.554. The zero-order chi connectivity index (χ0) is 10.8. The molecule has 0 saturated heterocycles. The van der Waals surface area contributed by atoms with Crippen molar-refractivity contribution in [2.45, 2.75) is 13.5 Å². The molecule has 0 saturated carbocycles. The third-order valence-corrected chi connectivity index (χ3v) is 2.40. The SMILES string of the molecule is Cc1ccc2cccnc2c1C[N+](=O)[O-]. The Balaban J connectivity index is 2.68. The fourth-order valence-corrected chi connectivity index (χ4v) is 1.64. The Bertz CT molecular complexity index is 523. The highest BCUT2D eigenvalue weighted by Crippen LogP contribution is 2.20. The van der Waals surface area contributed by atoms with Gasteiger partial charge >= 0.3 is 0 Å². The number of fused-ring (bicyclic) bond motifs is 1. The van der Waals surface area contributed by atoms with Crippen LogP contribution in [0.25, 0.3) is 10.9 Å². The fourth-order valence-electron chi connectivity index (χ4n) is 1.64. The number of nitro groups is 1. The first kappa shape index (κ1) is 9.58. The number of aromatic nitrogens is 1. The predicted molar refractivity (Wildman–Crippen MR) is 57.2 cm³/mol. The molecule has 1 heterocycles. The third kappa shape index (κ3) is 1.79. The molecule has 15 heavy (non-hydrogen) atoms. The van der Waals surface area contributed by atoms with Gasteiger partial charge in [0.2, 0.25) is 6.54 Å².